The van der Waals surface area contributed by atoms with Gasteiger partial charge in [0.1, 0.15) is 5.69 Å². The number of alkyl halides is 6. The highest BCUT2D eigenvalue weighted by Crippen LogP contribution is 2.41. The van der Waals surface area contributed by atoms with Gasteiger partial charge in [0.2, 0.25) is 5.95 Å². The lowest BCUT2D eigenvalue weighted by Crippen LogP contribution is -2.48. The molecule has 0 bridgehead atoms. The molecule has 15 heteroatoms. The summed E-state index contributed by atoms with van der Waals surface area (Å²) in [5, 5.41) is 13.4. The van der Waals surface area contributed by atoms with Crippen LogP contribution in [0.25, 0.3) is 22.3 Å². The number of morpholine rings is 1. The molecule has 34 heavy (non-hydrogen) atoms. The van der Waals surface area contributed by atoms with E-state index in [1.807, 2.05) is 0 Å². The largest absolute Gasteiger partial charge is 0.503 e. The number of anilines is 1. The first-order valence-corrected chi connectivity index (χ1v) is 9.67. The fraction of sp³-hybridized carbons (Fsp3) is 0.421. The predicted molar refractivity (Wildman–Crippen MR) is 101 cm³/mol. The van der Waals surface area contributed by atoms with Crippen LogP contribution in [0.4, 0.5) is 41.1 Å². The lowest BCUT2D eigenvalue weighted by molar-refractivity contribution is -0.143. The van der Waals surface area contributed by atoms with Gasteiger partial charge < -0.3 is 14.7 Å². The number of phenols is 1. The number of aryl methyl sites for hydroxylation is 1. The Kier molecular flexibility index (Phi) is 5.78. The number of nitrogens with zero attached hydrogens (tertiary/aromatic N) is 5. The summed E-state index contributed by atoms with van der Waals surface area (Å²) < 4.78 is 113. The van der Waals surface area contributed by atoms with Gasteiger partial charge in [-0.3, -0.25) is 0 Å². The second-order valence-corrected chi connectivity index (χ2v) is 7.57. The third kappa shape index (κ3) is 4.31. The standard InChI is InChI=1S/C19H15F8N5O2/c1-31-16-10(6-28-17(29-16)32-2-3-34-7-8(32)5-18(22,23)24)14(30-31)9-4-11(19(25,26)27)13(21)15(33)12(9)20/h4,6,8,33H,2-3,5,7H2,1H3. The van der Waals surface area contributed by atoms with Gasteiger partial charge in [-0.1, -0.05) is 0 Å². The summed E-state index contributed by atoms with van der Waals surface area (Å²) in [7, 11) is 1.32. The van der Waals surface area contributed by atoms with Gasteiger partial charge in [0.25, 0.3) is 0 Å². The van der Waals surface area contributed by atoms with Crippen LogP contribution in [-0.4, -0.2) is 56.8 Å². The van der Waals surface area contributed by atoms with E-state index >= 15 is 0 Å². The van der Waals surface area contributed by atoms with Crippen molar-refractivity contribution >= 4 is 17.0 Å². The summed E-state index contributed by atoms with van der Waals surface area (Å²) >= 11 is 0. The van der Waals surface area contributed by atoms with Gasteiger partial charge in [0.15, 0.2) is 23.0 Å². The minimum atomic E-state index is -5.23. The molecule has 3 aromatic rings. The third-order valence-corrected chi connectivity index (χ3v) is 5.26. The monoisotopic (exact) mass is 497 g/mol. The topological polar surface area (TPSA) is 76.3 Å². The van der Waals surface area contributed by atoms with E-state index in [0.29, 0.717) is 0 Å². The zero-order valence-corrected chi connectivity index (χ0v) is 17.2. The Bertz CT molecular complexity index is 1240. The zero-order chi connectivity index (χ0) is 25.0. The molecule has 184 valence electrons. The molecule has 1 aliphatic heterocycles. The second kappa shape index (κ2) is 8.21. The van der Waals surface area contributed by atoms with Gasteiger partial charge >= 0.3 is 12.4 Å². The Morgan fingerprint density at radius 1 is 1.15 bits per heavy atom. The number of benzene rings is 1. The number of rotatable bonds is 3. The number of aromatic hydroxyl groups is 1. The molecule has 0 saturated carbocycles. The van der Waals surface area contributed by atoms with Crippen molar-refractivity contribution in [2.75, 3.05) is 24.7 Å². The molecule has 0 radical (unpaired) electrons. The van der Waals surface area contributed by atoms with Crippen LogP contribution < -0.4 is 4.90 Å². The van der Waals surface area contributed by atoms with Gasteiger partial charge in [0, 0.05) is 25.4 Å². The van der Waals surface area contributed by atoms with Crippen molar-refractivity contribution in [2.24, 2.45) is 7.05 Å². The maximum atomic E-state index is 14.6. The Balaban J connectivity index is 1.81. The van der Waals surface area contributed by atoms with Crippen LogP contribution in [-0.2, 0) is 18.0 Å². The number of fused-ring (bicyclic) bond motifs is 1. The fourth-order valence-electron chi connectivity index (χ4n) is 3.72. The lowest BCUT2D eigenvalue weighted by Gasteiger charge is -2.35. The molecule has 2 aromatic heterocycles. The van der Waals surface area contributed by atoms with E-state index in [9.17, 15) is 40.2 Å². The third-order valence-electron chi connectivity index (χ3n) is 5.26. The maximum absolute atomic E-state index is 14.6. The van der Waals surface area contributed by atoms with Crippen molar-refractivity contribution in [2.45, 2.75) is 24.8 Å². The normalized spacial score (nSPS) is 17.6. The first-order chi connectivity index (χ1) is 15.8. The summed E-state index contributed by atoms with van der Waals surface area (Å²) in [6.45, 7) is -0.0587. The van der Waals surface area contributed by atoms with E-state index in [0.717, 1.165) is 10.9 Å². The average Bonchev–Trinajstić information content (AvgIpc) is 3.06. The molecular formula is C19H15F8N5O2. The predicted octanol–water partition coefficient (Wildman–Crippen LogP) is 4.19. The van der Waals surface area contributed by atoms with Crippen LogP contribution in [0.15, 0.2) is 12.3 Å². The quantitative estimate of drug-likeness (QED) is 0.547. The van der Waals surface area contributed by atoms with Crippen molar-refractivity contribution in [1.29, 1.82) is 0 Å². The van der Waals surface area contributed by atoms with Crippen LogP contribution in [0.1, 0.15) is 12.0 Å². The van der Waals surface area contributed by atoms with Crippen molar-refractivity contribution in [3.8, 4) is 17.0 Å². The molecular weight excluding hydrogens is 482 g/mol. The van der Waals surface area contributed by atoms with Crippen molar-refractivity contribution in [1.82, 2.24) is 19.7 Å². The SMILES string of the molecule is Cn1nc(-c2cc(C(F)(F)F)c(F)c(O)c2F)c2cnc(N3CCOCC3CC(F)(F)F)nc21. The van der Waals surface area contributed by atoms with Gasteiger partial charge in [-0.05, 0) is 6.07 Å². The molecule has 3 heterocycles. The van der Waals surface area contributed by atoms with E-state index in [1.165, 1.54) is 11.9 Å². The lowest BCUT2D eigenvalue weighted by atomic mass is 10.0. The smallest absolute Gasteiger partial charge is 0.419 e. The van der Waals surface area contributed by atoms with Crippen LogP contribution in [0, 0.1) is 11.6 Å². The minimum absolute atomic E-state index is 0.0333. The molecule has 7 nitrogen and oxygen atoms in total. The van der Waals surface area contributed by atoms with Crippen LogP contribution in [0.3, 0.4) is 0 Å². The molecule has 0 amide bonds. The van der Waals surface area contributed by atoms with Gasteiger partial charge in [-0.25, -0.2) is 18.4 Å². The Labute approximate surface area is 185 Å². The number of halogens is 8. The molecule has 0 spiro atoms. The highest BCUT2D eigenvalue weighted by molar-refractivity contribution is 5.91. The van der Waals surface area contributed by atoms with Crippen molar-refractivity contribution in [3.05, 3.63) is 29.5 Å². The van der Waals surface area contributed by atoms with E-state index in [4.69, 9.17) is 4.74 Å². The van der Waals surface area contributed by atoms with Gasteiger partial charge in [-0.15, -0.1) is 0 Å². The number of aromatic nitrogens is 4. The summed E-state index contributed by atoms with van der Waals surface area (Å²) in [6, 6.07) is -0.943. The summed E-state index contributed by atoms with van der Waals surface area (Å²) in [4.78, 5) is 9.47. The maximum Gasteiger partial charge on any atom is 0.419 e. The molecule has 1 N–H and O–H groups in total. The highest BCUT2D eigenvalue weighted by atomic mass is 19.4. The van der Waals surface area contributed by atoms with Crippen LogP contribution >= 0.6 is 0 Å². The number of hydrogen-bond acceptors (Lipinski definition) is 6. The van der Waals surface area contributed by atoms with E-state index in [-0.39, 0.29) is 42.8 Å². The molecule has 1 aliphatic rings. The minimum Gasteiger partial charge on any atom is -0.503 e. The summed E-state index contributed by atoms with van der Waals surface area (Å²) in [5.41, 5.74) is -3.21. The van der Waals surface area contributed by atoms with E-state index in [2.05, 4.69) is 15.1 Å². The number of phenolic OH excluding ortho intramolecular Hbond substituents is 1. The van der Waals surface area contributed by atoms with Crippen LogP contribution in [0.5, 0.6) is 5.75 Å². The molecule has 0 aliphatic carbocycles. The van der Waals surface area contributed by atoms with Crippen LogP contribution in [0.2, 0.25) is 0 Å². The molecule has 1 fully saturated rings. The molecule has 1 atom stereocenters. The second-order valence-electron chi connectivity index (χ2n) is 7.57. The van der Waals surface area contributed by atoms with Gasteiger partial charge in [0.05, 0.1) is 36.6 Å². The molecule has 1 saturated heterocycles. The Morgan fingerprint density at radius 2 is 1.85 bits per heavy atom. The van der Waals surface area contributed by atoms with Crippen molar-refractivity contribution < 1.29 is 45.0 Å². The Morgan fingerprint density at radius 3 is 2.50 bits per heavy atom. The van der Waals surface area contributed by atoms with Gasteiger partial charge in [-0.2, -0.15) is 36.4 Å². The fourth-order valence-corrected chi connectivity index (χ4v) is 3.72. The summed E-state index contributed by atoms with van der Waals surface area (Å²) in [5.74, 6) is -5.79. The average molecular weight is 497 g/mol. The first-order valence-electron chi connectivity index (χ1n) is 9.67. The molecule has 1 unspecified atom stereocenters. The molecule has 4 rings (SSSR count). The van der Waals surface area contributed by atoms with E-state index in [1.54, 1.807) is 0 Å². The van der Waals surface area contributed by atoms with Crippen molar-refractivity contribution in [3.63, 3.8) is 0 Å². The number of ether oxygens (including phenoxy) is 1. The van der Waals surface area contributed by atoms with E-state index < -0.39 is 59.0 Å². The molecule has 1 aromatic carbocycles. The Hall–Kier alpha value is -3.23. The highest BCUT2D eigenvalue weighted by Gasteiger charge is 2.39. The first kappa shape index (κ1) is 23.9. The number of hydrogen-bond donors (Lipinski definition) is 1. The summed E-state index contributed by atoms with van der Waals surface area (Å²) in [6.07, 6.45) is -9.84. The zero-order valence-electron chi connectivity index (χ0n) is 17.2.